The molecule has 2 aliphatic heterocycles. The van der Waals surface area contributed by atoms with Crippen molar-refractivity contribution in [3.8, 4) is 98.8 Å². The van der Waals surface area contributed by atoms with E-state index >= 15 is 0 Å². The molecule has 0 aromatic carbocycles. The van der Waals surface area contributed by atoms with Crippen molar-refractivity contribution in [2.45, 2.75) is 202 Å². The molecule has 11 heteroatoms. The summed E-state index contributed by atoms with van der Waals surface area (Å²) in [5.41, 5.74) is 0. The molecule has 386 valence electrons. The normalized spacial score (nSPS) is 23.7. The van der Waals surface area contributed by atoms with Crippen LogP contribution < -0.4 is 0 Å². The summed E-state index contributed by atoms with van der Waals surface area (Å²) < 4.78 is 74.9. The zero-order chi connectivity index (χ0) is 50.6. The fourth-order valence-electron chi connectivity index (χ4n) is 7.98. The van der Waals surface area contributed by atoms with Crippen LogP contribution in [0.2, 0.25) is 0 Å². The molecule has 0 saturated carbocycles. The van der Waals surface area contributed by atoms with Crippen LogP contribution in [-0.2, 0) is 52.1 Å². The van der Waals surface area contributed by atoms with Gasteiger partial charge in [0.1, 0.15) is 49.3 Å². The average molecular weight is 969 g/mol. The van der Waals surface area contributed by atoms with Crippen molar-refractivity contribution in [1.82, 2.24) is 0 Å². The number of rotatable bonds is 44. The SMILES string of the molecule is C#CCCCCOC[C@H]1O[C@@](COCCCC#C)(O[C@H]2O[C@H](COCCCCC#C)[C@@H](OCCCCC#C)[C@H](OCCCCC#C)[C@H]2OCCCCC#C)[C@@H](OCCCCC#C)[C@@H]1OCCCCC#C. The van der Waals surface area contributed by atoms with Gasteiger partial charge in [0.15, 0.2) is 6.29 Å². The molecular weight excluding hydrogens is 885 g/mol. The summed E-state index contributed by atoms with van der Waals surface area (Å²) in [6.45, 7) is 3.40. The molecule has 0 amide bonds. The van der Waals surface area contributed by atoms with Crippen molar-refractivity contribution in [2.24, 2.45) is 0 Å². The van der Waals surface area contributed by atoms with Crippen molar-refractivity contribution in [1.29, 1.82) is 0 Å². The molecule has 0 aromatic rings. The average Bonchev–Trinajstić information content (AvgIpc) is 3.64. The molecule has 0 aliphatic carbocycles. The molecule has 2 saturated heterocycles. The van der Waals surface area contributed by atoms with Crippen LogP contribution in [0.3, 0.4) is 0 Å². The van der Waals surface area contributed by atoms with Crippen LogP contribution in [0.1, 0.15) is 148 Å². The first-order chi connectivity index (χ1) is 34.5. The second kappa shape index (κ2) is 42.7. The Hall–Kier alpha value is -3.96. The van der Waals surface area contributed by atoms with Crippen LogP contribution in [0.4, 0.5) is 0 Å². The van der Waals surface area contributed by atoms with E-state index in [0.29, 0.717) is 130 Å². The topological polar surface area (TPSA) is 102 Å². The molecule has 2 fully saturated rings. The lowest BCUT2D eigenvalue weighted by atomic mass is 9.97. The smallest absolute Gasteiger partial charge is 0.224 e. The fourth-order valence-corrected chi connectivity index (χ4v) is 7.98. The van der Waals surface area contributed by atoms with E-state index in [9.17, 15) is 0 Å². The third-order valence-corrected chi connectivity index (χ3v) is 11.7. The lowest BCUT2D eigenvalue weighted by Gasteiger charge is -2.48. The van der Waals surface area contributed by atoms with Gasteiger partial charge in [0.05, 0.1) is 13.2 Å². The Morgan fingerprint density at radius 1 is 0.343 bits per heavy atom. The highest BCUT2D eigenvalue weighted by atomic mass is 16.8. The van der Waals surface area contributed by atoms with Crippen LogP contribution in [-0.4, -0.2) is 127 Å². The molecule has 0 radical (unpaired) electrons. The number of hydrogen-bond donors (Lipinski definition) is 0. The minimum absolute atomic E-state index is 0.0694. The van der Waals surface area contributed by atoms with Gasteiger partial charge in [0.2, 0.25) is 5.79 Å². The number of terminal acetylenes is 8. The van der Waals surface area contributed by atoms with Crippen molar-refractivity contribution < 1.29 is 52.1 Å². The zero-order valence-electron chi connectivity index (χ0n) is 42.3. The van der Waals surface area contributed by atoms with Crippen LogP contribution in [0.15, 0.2) is 0 Å². The van der Waals surface area contributed by atoms with Crippen LogP contribution in [0, 0.1) is 98.8 Å². The largest absolute Gasteiger partial charge is 0.379 e. The minimum atomic E-state index is -1.63. The molecule has 9 atom stereocenters. The predicted molar refractivity (Wildman–Crippen MR) is 275 cm³/mol. The second-order valence-corrected chi connectivity index (χ2v) is 17.4. The molecule has 2 aliphatic rings. The van der Waals surface area contributed by atoms with E-state index in [2.05, 4.69) is 47.4 Å². The maximum Gasteiger partial charge on any atom is 0.224 e. The van der Waals surface area contributed by atoms with E-state index in [1.807, 2.05) is 0 Å². The van der Waals surface area contributed by atoms with Gasteiger partial charge in [0.25, 0.3) is 0 Å². The third-order valence-electron chi connectivity index (χ3n) is 11.7. The Morgan fingerprint density at radius 2 is 0.700 bits per heavy atom. The van der Waals surface area contributed by atoms with E-state index in [1.165, 1.54) is 0 Å². The second-order valence-electron chi connectivity index (χ2n) is 17.4. The lowest BCUT2D eigenvalue weighted by Crippen LogP contribution is -2.65. The molecular formula is C59H84O11. The van der Waals surface area contributed by atoms with Gasteiger partial charge in [-0.2, -0.15) is 0 Å². The maximum atomic E-state index is 7.39. The van der Waals surface area contributed by atoms with Gasteiger partial charge in [-0.25, -0.2) is 0 Å². The van der Waals surface area contributed by atoms with E-state index in [0.717, 1.165) is 70.6 Å². The first-order valence-corrected chi connectivity index (χ1v) is 25.8. The summed E-state index contributed by atoms with van der Waals surface area (Å²) in [6, 6.07) is 0. The molecule has 70 heavy (non-hydrogen) atoms. The molecule has 2 rings (SSSR count). The Morgan fingerprint density at radius 3 is 1.16 bits per heavy atom. The number of unbranched alkanes of at least 4 members (excludes halogenated alkanes) is 15. The van der Waals surface area contributed by atoms with Crippen LogP contribution >= 0.6 is 0 Å². The van der Waals surface area contributed by atoms with E-state index in [-0.39, 0.29) is 19.8 Å². The van der Waals surface area contributed by atoms with Gasteiger partial charge in [-0.15, -0.1) is 98.8 Å². The maximum absolute atomic E-state index is 7.39. The number of hydrogen-bond acceptors (Lipinski definition) is 11. The molecule has 11 nitrogen and oxygen atoms in total. The highest BCUT2D eigenvalue weighted by Gasteiger charge is 2.61. The molecule has 0 aromatic heterocycles. The summed E-state index contributed by atoms with van der Waals surface area (Å²) in [7, 11) is 0. The monoisotopic (exact) mass is 969 g/mol. The molecule has 0 spiro atoms. The van der Waals surface area contributed by atoms with Crippen LogP contribution in [0.25, 0.3) is 0 Å². The Bertz CT molecular complexity index is 1680. The minimum Gasteiger partial charge on any atom is -0.379 e. The van der Waals surface area contributed by atoms with Gasteiger partial charge in [-0.1, -0.05) is 0 Å². The molecule has 0 unspecified atom stereocenters. The Balaban J connectivity index is 2.81. The summed E-state index contributed by atoms with van der Waals surface area (Å²) >= 11 is 0. The van der Waals surface area contributed by atoms with Crippen LogP contribution in [0.5, 0.6) is 0 Å². The molecule has 0 N–H and O–H groups in total. The van der Waals surface area contributed by atoms with Gasteiger partial charge < -0.3 is 52.1 Å². The van der Waals surface area contributed by atoms with Gasteiger partial charge in [-0.05, 0) is 96.3 Å². The van der Waals surface area contributed by atoms with Crippen molar-refractivity contribution in [3.05, 3.63) is 0 Å². The molecule has 2 heterocycles. The van der Waals surface area contributed by atoms with Gasteiger partial charge >= 0.3 is 0 Å². The quantitative estimate of drug-likeness (QED) is 0.0433. The lowest BCUT2D eigenvalue weighted by molar-refractivity contribution is -0.396. The van der Waals surface area contributed by atoms with Gasteiger partial charge in [-0.3, -0.25) is 0 Å². The fraction of sp³-hybridized carbons (Fsp3) is 0.729. The Kier molecular flexibility index (Phi) is 37.9. The van der Waals surface area contributed by atoms with Crippen molar-refractivity contribution >= 4 is 0 Å². The number of ether oxygens (including phenoxy) is 11. The summed E-state index contributed by atoms with van der Waals surface area (Å²) in [4.78, 5) is 0. The highest BCUT2D eigenvalue weighted by Crippen LogP contribution is 2.42. The first kappa shape index (κ1) is 62.2. The molecule has 0 bridgehead atoms. The van der Waals surface area contributed by atoms with E-state index < -0.39 is 54.8 Å². The summed E-state index contributed by atoms with van der Waals surface area (Å²) in [6.07, 6.45) is 55.0. The summed E-state index contributed by atoms with van der Waals surface area (Å²) in [5.74, 6) is 20.1. The van der Waals surface area contributed by atoms with Gasteiger partial charge in [0, 0.05) is 104 Å². The van der Waals surface area contributed by atoms with E-state index in [4.69, 9.17) is 103 Å². The first-order valence-electron chi connectivity index (χ1n) is 25.8. The third kappa shape index (κ3) is 25.9. The standard InChI is InChI=1S/C59H84O11/c1-9-17-25-33-40-60-48-51-53(63-43-35-27-19-11-3)55(65-45-37-29-21-13-5)56(66-46-38-30-22-14-6)58(68-51)70-59(50-62-42-32-24-16-8)57(67-47-39-31-23-15-7)54(64-44-36-28-20-12-4)52(69-59)49-61-41-34-26-18-10-2/h1-8,51-58H,17-50H2/t51-,52-,53-,54-,55+,56-,57+,58-,59+/m1/s1. The van der Waals surface area contributed by atoms with Crippen molar-refractivity contribution in [3.63, 3.8) is 0 Å². The zero-order valence-corrected chi connectivity index (χ0v) is 42.3. The van der Waals surface area contributed by atoms with E-state index in [1.54, 1.807) is 0 Å². The Labute approximate surface area is 424 Å². The van der Waals surface area contributed by atoms with Crippen molar-refractivity contribution in [2.75, 3.05) is 72.7 Å². The highest BCUT2D eigenvalue weighted by molar-refractivity contribution is 5.02. The predicted octanol–water partition coefficient (Wildman–Crippen LogP) is 8.84. The summed E-state index contributed by atoms with van der Waals surface area (Å²) in [5, 5.41) is 0.